The summed E-state index contributed by atoms with van der Waals surface area (Å²) in [7, 11) is 0. The molecule has 0 radical (unpaired) electrons. The molecule has 6 heteroatoms. The van der Waals surface area contributed by atoms with Crippen LogP contribution in [0.15, 0.2) is 34.8 Å². The number of fused-ring (bicyclic) bond motifs is 1. The van der Waals surface area contributed by atoms with Crippen molar-refractivity contribution in [1.82, 2.24) is 15.0 Å². The SMILES string of the molecule is CCOc1ccc2[nH]c(-c3cc(Br)ccc3F)nc2n1. The lowest BCUT2D eigenvalue weighted by molar-refractivity contribution is 0.328. The van der Waals surface area contributed by atoms with Gasteiger partial charge in [-0.1, -0.05) is 15.9 Å². The zero-order valence-electron chi connectivity index (χ0n) is 10.7. The minimum atomic E-state index is -0.336. The summed E-state index contributed by atoms with van der Waals surface area (Å²) in [5, 5.41) is 0. The highest BCUT2D eigenvalue weighted by atomic mass is 79.9. The number of nitrogens with zero attached hydrogens (tertiary/aromatic N) is 2. The fourth-order valence-corrected chi connectivity index (χ4v) is 2.27. The van der Waals surface area contributed by atoms with Gasteiger partial charge in [-0.2, -0.15) is 4.98 Å². The van der Waals surface area contributed by atoms with Gasteiger partial charge in [0.2, 0.25) is 5.88 Å². The smallest absolute Gasteiger partial charge is 0.215 e. The fourth-order valence-electron chi connectivity index (χ4n) is 1.91. The Morgan fingerprint density at radius 2 is 2.10 bits per heavy atom. The Balaban J connectivity index is 2.10. The van der Waals surface area contributed by atoms with Gasteiger partial charge < -0.3 is 9.72 Å². The zero-order valence-corrected chi connectivity index (χ0v) is 12.2. The molecule has 1 aromatic carbocycles. The Morgan fingerprint density at radius 3 is 2.90 bits per heavy atom. The van der Waals surface area contributed by atoms with Crippen molar-refractivity contribution < 1.29 is 9.13 Å². The number of H-pyrrole nitrogens is 1. The van der Waals surface area contributed by atoms with E-state index < -0.39 is 0 Å². The molecule has 0 saturated carbocycles. The second kappa shape index (κ2) is 5.20. The molecule has 3 aromatic rings. The Labute approximate surface area is 123 Å². The Kier molecular flexibility index (Phi) is 3.40. The second-order valence-electron chi connectivity index (χ2n) is 4.16. The number of ether oxygens (including phenoxy) is 1. The van der Waals surface area contributed by atoms with Crippen LogP contribution in [-0.2, 0) is 0 Å². The molecule has 20 heavy (non-hydrogen) atoms. The number of aromatic nitrogens is 3. The van der Waals surface area contributed by atoms with Gasteiger partial charge in [0.1, 0.15) is 11.6 Å². The van der Waals surface area contributed by atoms with E-state index in [9.17, 15) is 4.39 Å². The summed E-state index contributed by atoms with van der Waals surface area (Å²) in [5.41, 5.74) is 1.64. The van der Waals surface area contributed by atoms with Crippen molar-refractivity contribution in [2.45, 2.75) is 6.92 Å². The number of imidazole rings is 1. The van der Waals surface area contributed by atoms with E-state index in [1.54, 1.807) is 18.2 Å². The molecule has 0 aliphatic heterocycles. The number of pyridine rings is 1. The number of halogens is 2. The molecule has 0 aliphatic carbocycles. The van der Waals surface area contributed by atoms with E-state index in [1.165, 1.54) is 6.07 Å². The van der Waals surface area contributed by atoms with Crippen LogP contribution in [0.5, 0.6) is 5.88 Å². The molecule has 2 heterocycles. The predicted octanol–water partition coefficient (Wildman–Crippen LogP) is 3.93. The molecule has 2 aromatic heterocycles. The van der Waals surface area contributed by atoms with Crippen LogP contribution in [0.1, 0.15) is 6.92 Å². The van der Waals surface area contributed by atoms with Crippen LogP contribution in [0.3, 0.4) is 0 Å². The largest absolute Gasteiger partial charge is 0.478 e. The summed E-state index contributed by atoms with van der Waals surface area (Å²) in [6.07, 6.45) is 0. The number of hydrogen-bond acceptors (Lipinski definition) is 3. The first kappa shape index (κ1) is 13.1. The van der Waals surface area contributed by atoms with Gasteiger partial charge in [-0.05, 0) is 31.2 Å². The summed E-state index contributed by atoms with van der Waals surface area (Å²) in [6.45, 7) is 2.43. The Bertz CT molecular complexity index is 772. The first-order valence-electron chi connectivity index (χ1n) is 6.12. The van der Waals surface area contributed by atoms with Gasteiger partial charge in [0, 0.05) is 10.5 Å². The van der Waals surface area contributed by atoms with Crippen LogP contribution >= 0.6 is 15.9 Å². The first-order chi connectivity index (χ1) is 9.67. The van der Waals surface area contributed by atoms with Crippen molar-refractivity contribution in [3.8, 4) is 17.3 Å². The van der Waals surface area contributed by atoms with Crippen molar-refractivity contribution in [3.05, 3.63) is 40.6 Å². The minimum absolute atomic E-state index is 0.336. The lowest BCUT2D eigenvalue weighted by atomic mass is 10.2. The van der Waals surface area contributed by atoms with E-state index in [4.69, 9.17) is 4.74 Å². The molecule has 0 bridgehead atoms. The van der Waals surface area contributed by atoms with Crippen molar-refractivity contribution in [3.63, 3.8) is 0 Å². The standard InChI is InChI=1S/C14H11BrFN3O/c1-2-20-12-6-5-11-14(18-12)19-13(17-11)9-7-8(15)3-4-10(9)16/h3-7H,2H2,1H3,(H,17,18,19). The van der Waals surface area contributed by atoms with Crippen LogP contribution in [0.25, 0.3) is 22.6 Å². The maximum absolute atomic E-state index is 13.9. The highest BCUT2D eigenvalue weighted by Gasteiger charge is 2.12. The summed E-state index contributed by atoms with van der Waals surface area (Å²) < 4.78 is 20.0. The number of hydrogen-bond donors (Lipinski definition) is 1. The van der Waals surface area contributed by atoms with Crippen LogP contribution < -0.4 is 4.74 Å². The molecule has 0 spiro atoms. The van der Waals surface area contributed by atoms with Crippen molar-refractivity contribution >= 4 is 27.1 Å². The van der Waals surface area contributed by atoms with E-state index in [0.717, 1.165) is 9.99 Å². The maximum Gasteiger partial charge on any atom is 0.215 e. The normalized spacial score (nSPS) is 10.9. The molecule has 0 aliphatic rings. The summed E-state index contributed by atoms with van der Waals surface area (Å²) in [4.78, 5) is 11.6. The van der Waals surface area contributed by atoms with Gasteiger partial charge in [-0.25, -0.2) is 9.37 Å². The number of nitrogens with one attached hydrogen (secondary N) is 1. The lowest BCUT2D eigenvalue weighted by Gasteiger charge is -1.99. The van der Waals surface area contributed by atoms with Gasteiger partial charge in [-0.3, -0.25) is 0 Å². The fraction of sp³-hybridized carbons (Fsp3) is 0.143. The Morgan fingerprint density at radius 1 is 1.25 bits per heavy atom. The molecule has 0 atom stereocenters. The summed E-state index contributed by atoms with van der Waals surface area (Å²) in [6, 6.07) is 8.29. The third-order valence-electron chi connectivity index (χ3n) is 2.80. The summed E-state index contributed by atoms with van der Waals surface area (Å²) >= 11 is 3.33. The molecule has 0 unspecified atom stereocenters. The molecule has 0 amide bonds. The van der Waals surface area contributed by atoms with Gasteiger partial charge in [0.15, 0.2) is 5.65 Å². The van der Waals surface area contributed by atoms with Gasteiger partial charge in [0.05, 0.1) is 17.7 Å². The van der Waals surface area contributed by atoms with Gasteiger partial charge >= 0.3 is 0 Å². The summed E-state index contributed by atoms with van der Waals surface area (Å²) in [5.74, 6) is 0.616. The topological polar surface area (TPSA) is 50.8 Å². The molecule has 102 valence electrons. The molecule has 4 nitrogen and oxygen atoms in total. The third kappa shape index (κ3) is 2.38. The molecule has 1 N–H and O–H groups in total. The van der Waals surface area contributed by atoms with Crippen molar-refractivity contribution in [2.24, 2.45) is 0 Å². The highest BCUT2D eigenvalue weighted by Crippen LogP contribution is 2.26. The van der Waals surface area contributed by atoms with E-state index in [2.05, 4.69) is 30.9 Å². The first-order valence-corrected chi connectivity index (χ1v) is 6.91. The zero-order chi connectivity index (χ0) is 14.1. The van der Waals surface area contributed by atoms with E-state index in [0.29, 0.717) is 29.5 Å². The minimum Gasteiger partial charge on any atom is -0.478 e. The van der Waals surface area contributed by atoms with Gasteiger partial charge in [0.25, 0.3) is 0 Å². The molecule has 0 fully saturated rings. The molecule has 3 rings (SSSR count). The number of aromatic amines is 1. The van der Waals surface area contributed by atoms with Crippen LogP contribution in [0.2, 0.25) is 0 Å². The molecular formula is C14H11BrFN3O. The van der Waals surface area contributed by atoms with E-state index >= 15 is 0 Å². The molecular weight excluding hydrogens is 325 g/mol. The van der Waals surface area contributed by atoms with Crippen LogP contribution in [-0.4, -0.2) is 21.6 Å². The van der Waals surface area contributed by atoms with Crippen LogP contribution in [0.4, 0.5) is 4.39 Å². The molecule has 0 saturated heterocycles. The average Bonchev–Trinajstić information content (AvgIpc) is 2.85. The van der Waals surface area contributed by atoms with E-state index in [1.807, 2.05) is 13.0 Å². The third-order valence-corrected chi connectivity index (χ3v) is 3.29. The highest BCUT2D eigenvalue weighted by molar-refractivity contribution is 9.10. The van der Waals surface area contributed by atoms with Crippen molar-refractivity contribution in [1.29, 1.82) is 0 Å². The Hall–Kier alpha value is -1.95. The number of benzene rings is 1. The van der Waals surface area contributed by atoms with Crippen LogP contribution in [0, 0.1) is 5.82 Å². The lowest BCUT2D eigenvalue weighted by Crippen LogP contribution is -1.93. The monoisotopic (exact) mass is 335 g/mol. The van der Waals surface area contributed by atoms with E-state index in [-0.39, 0.29) is 5.82 Å². The maximum atomic E-state index is 13.9. The van der Waals surface area contributed by atoms with Gasteiger partial charge in [-0.15, -0.1) is 0 Å². The quantitative estimate of drug-likeness (QED) is 0.789. The number of rotatable bonds is 3. The average molecular weight is 336 g/mol. The predicted molar refractivity (Wildman–Crippen MR) is 78.2 cm³/mol. The van der Waals surface area contributed by atoms with Crippen molar-refractivity contribution in [2.75, 3.05) is 6.61 Å². The second-order valence-corrected chi connectivity index (χ2v) is 5.08.